The average molecular weight is 392 g/mol. The van der Waals surface area contributed by atoms with Gasteiger partial charge in [-0.15, -0.1) is 12.4 Å². The van der Waals surface area contributed by atoms with E-state index in [1.165, 1.54) is 19.4 Å². The number of esters is 2. The topological polar surface area (TPSA) is 55.8 Å². The SMILES string of the molecule is CC(=O)Oc1ccc(CCN(C)CCc2ccccc2)cc1OC(C)=O.Cl. The fourth-order valence-electron chi connectivity index (χ4n) is 2.58. The number of rotatable bonds is 8. The lowest BCUT2D eigenvalue weighted by molar-refractivity contribution is -0.134. The lowest BCUT2D eigenvalue weighted by Gasteiger charge is -2.17. The second kappa shape index (κ2) is 11.4. The van der Waals surface area contributed by atoms with Crippen LogP contribution in [0.1, 0.15) is 25.0 Å². The van der Waals surface area contributed by atoms with Gasteiger partial charge in [0.1, 0.15) is 0 Å². The Hall–Kier alpha value is -2.37. The summed E-state index contributed by atoms with van der Waals surface area (Å²) in [6.45, 7) is 4.47. The van der Waals surface area contributed by atoms with Crippen LogP contribution in [0.15, 0.2) is 48.5 Å². The third kappa shape index (κ3) is 8.24. The first-order chi connectivity index (χ1) is 12.4. The Balaban J connectivity index is 0.00000364. The lowest BCUT2D eigenvalue weighted by atomic mass is 10.1. The van der Waals surface area contributed by atoms with Crippen LogP contribution in [0.2, 0.25) is 0 Å². The number of ether oxygens (including phenoxy) is 2. The summed E-state index contributed by atoms with van der Waals surface area (Å²) in [6.07, 6.45) is 1.81. The summed E-state index contributed by atoms with van der Waals surface area (Å²) in [6, 6.07) is 15.7. The Morgan fingerprint density at radius 1 is 0.815 bits per heavy atom. The second-order valence-corrected chi connectivity index (χ2v) is 6.26. The third-order valence-electron chi connectivity index (χ3n) is 3.92. The number of carbonyl (C=O) groups is 2. The molecule has 0 aliphatic carbocycles. The van der Waals surface area contributed by atoms with Crippen LogP contribution in [0.4, 0.5) is 0 Å². The molecule has 146 valence electrons. The standard InChI is InChI=1S/C21H25NO4.ClH/c1-16(23)25-20-10-9-19(15-21(20)26-17(2)24)12-14-22(3)13-11-18-7-5-4-6-8-18;/h4-10,15H,11-14H2,1-3H3;1H. The van der Waals surface area contributed by atoms with Crippen LogP contribution in [0.5, 0.6) is 11.5 Å². The number of likely N-dealkylation sites (N-methyl/N-ethyl adjacent to an activating group) is 1. The van der Waals surface area contributed by atoms with Crippen LogP contribution >= 0.6 is 12.4 Å². The fourth-order valence-corrected chi connectivity index (χ4v) is 2.58. The van der Waals surface area contributed by atoms with Crippen LogP contribution in [0.3, 0.4) is 0 Å². The molecule has 0 spiro atoms. The summed E-state index contributed by atoms with van der Waals surface area (Å²) in [5, 5.41) is 0. The van der Waals surface area contributed by atoms with Crippen LogP contribution < -0.4 is 9.47 Å². The Morgan fingerprint density at radius 3 is 1.96 bits per heavy atom. The first kappa shape index (κ1) is 22.7. The van der Waals surface area contributed by atoms with Gasteiger partial charge in [0.15, 0.2) is 11.5 Å². The molecule has 5 nitrogen and oxygen atoms in total. The van der Waals surface area contributed by atoms with E-state index in [0.29, 0.717) is 0 Å². The largest absolute Gasteiger partial charge is 0.423 e. The smallest absolute Gasteiger partial charge is 0.308 e. The van der Waals surface area contributed by atoms with Crippen molar-refractivity contribution in [1.82, 2.24) is 4.90 Å². The minimum atomic E-state index is -0.452. The molecule has 0 amide bonds. The zero-order valence-electron chi connectivity index (χ0n) is 15.9. The van der Waals surface area contributed by atoms with Gasteiger partial charge in [0.05, 0.1) is 0 Å². The Bertz CT molecular complexity index is 749. The predicted octanol–water partition coefficient (Wildman–Crippen LogP) is 3.68. The van der Waals surface area contributed by atoms with Crippen molar-refractivity contribution in [3.63, 3.8) is 0 Å². The molecule has 27 heavy (non-hydrogen) atoms. The Kier molecular flexibility index (Phi) is 9.54. The molecule has 0 fully saturated rings. The Labute approximate surface area is 166 Å². The van der Waals surface area contributed by atoms with Gasteiger partial charge in [-0.1, -0.05) is 36.4 Å². The molecule has 0 aliphatic heterocycles. The molecular formula is C21H26ClNO4. The van der Waals surface area contributed by atoms with Gasteiger partial charge < -0.3 is 14.4 Å². The highest BCUT2D eigenvalue weighted by Gasteiger charge is 2.11. The molecule has 0 aromatic heterocycles. The molecule has 0 bridgehead atoms. The first-order valence-electron chi connectivity index (χ1n) is 8.66. The van der Waals surface area contributed by atoms with Gasteiger partial charge in [-0.3, -0.25) is 9.59 Å². The number of nitrogens with zero attached hydrogens (tertiary/aromatic N) is 1. The Morgan fingerprint density at radius 2 is 1.37 bits per heavy atom. The van der Waals surface area contributed by atoms with Gasteiger partial charge in [0.25, 0.3) is 0 Å². The predicted molar refractivity (Wildman–Crippen MR) is 108 cm³/mol. The molecule has 2 rings (SSSR count). The summed E-state index contributed by atoms with van der Waals surface area (Å²) < 4.78 is 10.3. The van der Waals surface area contributed by atoms with Crippen molar-refractivity contribution in [2.45, 2.75) is 26.7 Å². The van der Waals surface area contributed by atoms with Gasteiger partial charge in [-0.05, 0) is 43.1 Å². The van der Waals surface area contributed by atoms with E-state index in [-0.39, 0.29) is 23.9 Å². The molecular weight excluding hydrogens is 366 g/mol. The molecule has 2 aromatic carbocycles. The molecule has 0 heterocycles. The summed E-state index contributed by atoms with van der Waals surface area (Å²) in [5.74, 6) is -0.367. The van der Waals surface area contributed by atoms with Crippen molar-refractivity contribution in [3.05, 3.63) is 59.7 Å². The molecule has 0 radical (unpaired) electrons. The number of halogens is 1. The molecule has 6 heteroatoms. The van der Waals surface area contributed by atoms with Gasteiger partial charge >= 0.3 is 11.9 Å². The highest BCUT2D eigenvalue weighted by Crippen LogP contribution is 2.29. The normalized spacial score (nSPS) is 10.2. The van der Waals surface area contributed by atoms with Crippen molar-refractivity contribution in [3.8, 4) is 11.5 Å². The van der Waals surface area contributed by atoms with E-state index in [1.54, 1.807) is 12.1 Å². The number of hydrogen-bond donors (Lipinski definition) is 0. The van der Waals surface area contributed by atoms with E-state index in [1.807, 2.05) is 12.1 Å². The molecule has 2 aromatic rings. The maximum absolute atomic E-state index is 11.3. The number of hydrogen-bond acceptors (Lipinski definition) is 5. The van der Waals surface area contributed by atoms with Crippen molar-refractivity contribution < 1.29 is 19.1 Å². The van der Waals surface area contributed by atoms with Crippen LogP contribution in [-0.2, 0) is 22.4 Å². The third-order valence-corrected chi connectivity index (χ3v) is 3.92. The molecule has 0 saturated heterocycles. The average Bonchev–Trinajstić information content (AvgIpc) is 2.60. The first-order valence-corrected chi connectivity index (χ1v) is 8.66. The summed E-state index contributed by atoms with van der Waals surface area (Å²) >= 11 is 0. The van der Waals surface area contributed by atoms with Crippen molar-refractivity contribution in [1.29, 1.82) is 0 Å². The highest BCUT2D eigenvalue weighted by atomic mass is 35.5. The minimum Gasteiger partial charge on any atom is -0.423 e. The molecule has 0 unspecified atom stereocenters. The van der Waals surface area contributed by atoms with E-state index in [2.05, 4.69) is 36.2 Å². The summed E-state index contributed by atoms with van der Waals surface area (Å²) in [4.78, 5) is 24.7. The number of benzene rings is 2. The van der Waals surface area contributed by atoms with Crippen LogP contribution in [0, 0.1) is 0 Å². The molecule has 0 aliphatic rings. The van der Waals surface area contributed by atoms with E-state index >= 15 is 0 Å². The van der Waals surface area contributed by atoms with Gasteiger partial charge in [-0.25, -0.2) is 0 Å². The monoisotopic (exact) mass is 391 g/mol. The zero-order valence-corrected chi connectivity index (χ0v) is 16.8. The number of carbonyl (C=O) groups excluding carboxylic acids is 2. The van der Waals surface area contributed by atoms with E-state index in [9.17, 15) is 9.59 Å². The van der Waals surface area contributed by atoms with E-state index in [0.717, 1.165) is 31.5 Å². The summed E-state index contributed by atoms with van der Waals surface area (Å²) in [5.41, 5.74) is 2.34. The highest BCUT2D eigenvalue weighted by molar-refractivity contribution is 5.85. The van der Waals surface area contributed by atoms with Gasteiger partial charge in [0.2, 0.25) is 0 Å². The lowest BCUT2D eigenvalue weighted by Crippen LogP contribution is -2.23. The van der Waals surface area contributed by atoms with Gasteiger partial charge in [0, 0.05) is 26.9 Å². The zero-order chi connectivity index (χ0) is 18.9. The van der Waals surface area contributed by atoms with Crippen molar-refractivity contribution in [2.24, 2.45) is 0 Å². The molecule has 0 atom stereocenters. The molecule has 0 N–H and O–H groups in total. The maximum atomic E-state index is 11.3. The fraction of sp³-hybridized carbons (Fsp3) is 0.333. The van der Waals surface area contributed by atoms with E-state index in [4.69, 9.17) is 9.47 Å². The minimum absolute atomic E-state index is 0. The van der Waals surface area contributed by atoms with Gasteiger partial charge in [-0.2, -0.15) is 0 Å². The van der Waals surface area contributed by atoms with Crippen LogP contribution in [-0.4, -0.2) is 37.0 Å². The summed E-state index contributed by atoms with van der Waals surface area (Å²) in [7, 11) is 2.09. The van der Waals surface area contributed by atoms with Crippen molar-refractivity contribution >= 4 is 24.3 Å². The van der Waals surface area contributed by atoms with Crippen molar-refractivity contribution in [2.75, 3.05) is 20.1 Å². The quantitative estimate of drug-likeness (QED) is 0.507. The van der Waals surface area contributed by atoms with Crippen LogP contribution in [0.25, 0.3) is 0 Å². The second-order valence-electron chi connectivity index (χ2n) is 6.26. The molecule has 0 saturated carbocycles. The van der Waals surface area contributed by atoms with E-state index < -0.39 is 11.9 Å². The maximum Gasteiger partial charge on any atom is 0.308 e.